The van der Waals surface area contributed by atoms with Crippen molar-refractivity contribution in [1.82, 2.24) is 0 Å². The van der Waals surface area contributed by atoms with Crippen molar-refractivity contribution in [3.8, 4) is 5.75 Å². The van der Waals surface area contributed by atoms with Gasteiger partial charge >= 0.3 is 0 Å². The maximum Gasteiger partial charge on any atom is 0.224 e. The molecule has 24 heavy (non-hydrogen) atoms. The minimum atomic E-state index is -0.0216. The third kappa shape index (κ3) is 5.25. The average molecular weight is 411 g/mol. The highest BCUT2D eigenvalue weighted by Gasteiger charge is 2.07. The van der Waals surface area contributed by atoms with Crippen LogP contribution in [-0.4, -0.2) is 12.5 Å². The van der Waals surface area contributed by atoms with E-state index < -0.39 is 0 Å². The fourth-order valence-corrected chi connectivity index (χ4v) is 3.05. The molecule has 0 aliphatic carbocycles. The highest BCUT2D eigenvalue weighted by atomic mass is 79.9. The van der Waals surface area contributed by atoms with Crippen LogP contribution in [-0.2, 0) is 4.79 Å². The van der Waals surface area contributed by atoms with E-state index in [2.05, 4.69) is 21.2 Å². The quantitative estimate of drug-likeness (QED) is 0.609. The second-order valence-electron chi connectivity index (χ2n) is 5.85. The Balaban J connectivity index is 1.79. The molecule has 0 fully saturated rings. The summed E-state index contributed by atoms with van der Waals surface area (Å²) in [4.78, 5) is 12.0. The summed E-state index contributed by atoms with van der Waals surface area (Å²) in [5, 5.41) is 3.67. The Labute approximate surface area is 156 Å². The molecular weight excluding hydrogens is 390 g/mol. The van der Waals surface area contributed by atoms with Crippen molar-refractivity contribution in [1.29, 1.82) is 0 Å². The van der Waals surface area contributed by atoms with E-state index in [0.717, 1.165) is 37.6 Å². The lowest BCUT2D eigenvalue weighted by Crippen LogP contribution is -2.13. The molecule has 3 nitrogen and oxygen atoms in total. The van der Waals surface area contributed by atoms with E-state index in [1.807, 2.05) is 51.1 Å². The van der Waals surface area contributed by atoms with Crippen molar-refractivity contribution < 1.29 is 9.53 Å². The van der Waals surface area contributed by atoms with Crippen molar-refractivity contribution in [3.63, 3.8) is 0 Å². The molecule has 0 aromatic heterocycles. The van der Waals surface area contributed by atoms with Crippen LogP contribution in [0.1, 0.15) is 29.5 Å². The zero-order valence-corrected chi connectivity index (χ0v) is 16.4. The van der Waals surface area contributed by atoms with Gasteiger partial charge in [-0.25, -0.2) is 0 Å². The fraction of sp³-hybridized carbons (Fsp3) is 0.316. The first kappa shape index (κ1) is 18.8. The summed E-state index contributed by atoms with van der Waals surface area (Å²) in [6.45, 7) is 6.40. The Morgan fingerprint density at radius 3 is 2.46 bits per heavy atom. The lowest BCUT2D eigenvalue weighted by molar-refractivity contribution is -0.116. The molecule has 0 saturated heterocycles. The minimum Gasteiger partial charge on any atom is -0.494 e. The number of carbonyl (C=O) groups excluding carboxylic acids is 1. The second kappa shape index (κ2) is 8.54. The number of hydrogen-bond donors (Lipinski definition) is 1. The molecule has 0 spiro atoms. The normalized spacial score (nSPS) is 10.5. The summed E-state index contributed by atoms with van der Waals surface area (Å²) in [6.07, 6.45) is 1.06. The summed E-state index contributed by atoms with van der Waals surface area (Å²) < 4.78 is 6.60. The molecule has 2 aromatic rings. The van der Waals surface area contributed by atoms with Gasteiger partial charge < -0.3 is 10.1 Å². The number of aryl methyl sites for hydroxylation is 3. The molecule has 0 aliphatic heterocycles. The number of rotatable bonds is 6. The van der Waals surface area contributed by atoms with Gasteiger partial charge in [0.15, 0.2) is 0 Å². The molecule has 0 radical (unpaired) electrons. The zero-order chi connectivity index (χ0) is 17.7. The molecule has 2 aromatic carbocycles. The van der Waals surface area contributed by atoms with E-state index in [-0.39, 0.29) is 5.91 Å². The van der Waals surface area contributed by atoms with Gasteiger partial charge in [-0.05, 0) is 84.1 Å². The predicted molar refractivity (Wildman–Crippen MR) is 103 cm³/mol. The molecule has 0 heterocycles. The first-order valence-electron chi connectivity index (χ1n) is 7.82. The smallest absolute Gasteiger partial charge is 0.224 e. The van der Waals surface area contributed by atoms with Crippen molar-refractivity contribution in [3.05, 3.63) is 56.5 Å². The van der Waals surface area contributed by atoms with Crippen LogP contribution in [0.25, 0.3) is 0 Å². The molecular formula is C19H21BrClNO2. The van der Waals surface area contributed by atoms with E-state index in [0.29, 0.717) is 19.4 Å². The number of nitrogens with one attached hydrogen (secondary N) is 1. The standard InChI is InChI=1S/C19H21BrClNO2/c1-12-6-7-17(16(20)9-12)22-18(23)5-4-8-24-15-10-13(2)19(21)14(3)11-15/h6-7,9-11H,4-5,8H2,1-3H3,(H,22,23). The fourth-order valence-electron chi connectivity index (χ4n) is 2.35. The molecule has 2 rings (SSSR count). The van der Waals surface area contributed by atoms with Crippen molar-refractivity contribution in [2.45, 2.75) is 33.6 Å². The van der Waals surface area contributed by atoms with Gasteiger partial charge in [0.25, 0.3) is 0 Å². The molecule has 128 valence electrons. The van der Waals surface area contributed by atoms with E-state index in [1.54, 1.807) is 0 Å². The van der Waals surface area contributed by atoms with Crippen LogP contribution in [0.2, 0.25) is 5.02 Å². The minimum absolute atomic E-state index is 0.0216. The van der Waals surface area contributed by atoms with Gasteiger partial charge in [-0.2, -0.15) is 0 Å². The molecule has 0 saturated carbocycles. The van der Waals surface area contributed by atoms with Gasteiger partial charge in [0.2, 0.25) is 5.91 Å². The lowest BCUT2D eigenvalue weighted by Gasteiger charge is -2.11. The third-order valence-electron chi connectivity index (χ3n) is 3.63. The van der Waals surface area contributed by atoms with Gasteiger partial charge in [-0.3, -0.25) is 4.79 Å². The van der Waals surface area contributed by atoms with Crippen molar-refractivity contribution >= 4 is 39.1 Å². The number of amides is 1. The van der Waals surface area contributed by atoms with Crippen LogP contribution < -0.4 is 10.1 Å². The molecule has 1 amide bonds. The second-order valence-corrected chi connectivity index (χ2v) is 7.09. The zero-order valence-electron chi connectivity index (χ0n) is 14.1. The Morgan fingerprint density at radius 2 is 1.83 bits per heavy atom. The van der Waals surface area contributed by atoms with Crippen LogP contribution in [0.15, 0.2) is 34.8 Å². The first-order valence-corrected chi connectivity index (χ1v) is 8.99. The van der Waals surface area contributed by atoms with Crippen LogP contribution >= 0.6 is 27.5 Å². The number of anilines is 1. The highest BCUT2D eigenvalue weighted by molar-refractivity contribution is 9.10. The molecule has 0 atom stereocenters. The van der Waals surface area contributed by atoms with E-state index in [9.17, 15) is 4.79 Å². The molecule has 5 heteroatoms. The number of hydrogen-bond acceptors (Lipinski definition) is 2. The van der Waals surface area contributed by atoms with Crippen LogP contribution in [0, 0.1) is 20.8 Å². The first-order chi connectivity index (χ1) is 11.4. The van der Waals surface area contributed by atoms with Crippen molar-refractivity contribution in [2.75, 3.05) is 11.9 Å². The summed E-state index contributed by atoms with van der Waals surface area (Å²) in [5.74, 6) is 0.766. The molecule has 0 unspecified atom stereocenters. The van der Waals surface area contributed by atoms with Gasteiger partial charge in [0.1, 0.15) is 5.75 Å². The number of carbonyl (C=O) groups is 1. The van der Waals surface area contributed by atoms with E-state index in [1.165, 1.54) is 0 Å². The van der Waals surface area contributed by atoms with Crippen LogP contribution in [0.4, 0.5) is 5.69 Å². The maximum atomic E-state index is 12.0. The van der Waals surface area contributed by atoms with Gasteiger partial charge in [0, 0.05) is 15.9 Å². The van der Waals surface area contributed by atoms with Gasteiger partial charge in [0.05, 0.1) is 12.3 Å². The predicted octanol–water partition coefficient (Wildman–Crippen LogP) is 5.83. The topological polar surface area (TPSA) is 38.3 Å². The maximum absolute atomic E-state index is 12.0. The molecule has 0 aliphatic rings. The van der Waals surface area contributed by atoms with E-state index >= 15 is 0 Å². The number of halogens is 2. The van der Waals surface area contributed by atoms with Gasteiger partial charge in [-0.1, -0.05) is 17.7 Å². The van der Waals surface area contributed by atoms with Gasteiger partial charge in [-0.15, -0.1) is 0 Å². The van der Waals surface area contributed by atoms with Crippen LogP contribution in [0.5, 0.6) is 5.75 Å². The number of ether oxygens (including phenoxy) is 1. The Morgan fingerprint density at radius 1 is 1.17 bits per heavy atom. The number of benzene rings is 2. The lowest BCUT2D eigenvalue weighted by atomic mass is 10.1. The average Bonchev–Trinajstić information content (AvgIpc) is 2.52. The van der Waals surface area contributed by atoms with Crippen molar-refractivity contribution in [2.24, 2.45) is 0 Å². The summed E-state index contributed by atoms with van der Waals surface area (Å²) in [7, 11) is 0. The van der Waals surface area contributed by atoms with Crippen LogP contribution in [0.3, 0.4) is 0 Å². The van der Waals surface area contributed by atoms with E-state index in [4.69, 9.17) is 16.3 Å². The Kier molecular flexibility index (Phi) is 6.69. The highest BCUT2D eigenvalue weighted by Crippen LogP contribution is 2.26. The molecule has 0 bridgehead atoms. The SMILES string of the molecule is Cc1ccc(NC(=O)CCCOc2cc(C)c(Cl)c(C)c2)c(Br)c1. The summed E-state index contributed by atoms with van der Waals surface area (Å²) in [5.41, 5.74) is 3.92. The largest absolute Gasteiger partial charge is 0.494 e. The third-order valence-corrected chi connectivity index (χ3v) is 4.88. The summed E-state index contributed by atoms with van der Waals surface area (Å²) >= 11 is 9.60. The monoisotopic (exact) mass is 409 g/mol. The summed E-state index contributed by atoms with van der Waals surface area (Å²) in [6, 6.07) is 9.67. The Hall–Kier alpha value is -1.52. The Bertz CT molecular complexity index is 723. The molecule has 1 N–H and O–H groups in total.